The Morgan fingerprint density at radius 1 is 1.13 bits per heavy atom. The highest BCUT2D eigenvalue weighted by atomic mass is 35.5. The largest absolute Gasteiger partial charge is 0.490 e. The van der Waals surface area contributed by atoms with E-state index in [1.54, 1.807) is 12.1 Å². The molecule has 3 rings (SSSR count). The van der Waals surface area contributed by atoms with Crippen molar-refractivity contribution in [3.63, 3.8) is 0 Å². The van der Waals surface area contributed by atoms with E-state index in [4.69, 9.17) is 4.74 Å². The fourth-order valence-corrected chi connectivity index (χ4v) is 3.18. The topological polar surface area (TPSA) is 41.6 Å². The molecule has 2 aliphatic rings. The van der Waals surface area contributed by atoms with Gasteiger partial charge in [0.2, 0.25) is 5.91 Å². The van der Waals surface area contributed by atoms with Gasteiger partial charge in [-0.15, -0.1) is 12.4 Å². The highest BCUT2D eigenvalue weighted by Crippen LogP contribution is 2.20. The Kier molecular flexibility index (Phi) is 6.66. The maximum Gasteiger partial charge on any atom is 0.239 e. The summed E-state index contributed by atoms with van der Waals surface area (Å²) in [4.78, 5) is 14.4. The first-order valence-corrected chi connectivity index (χ1v) is 8.17. The second-order valence-electron chi connectivity index (χ2n) is 6.10. The number of ether oxygens (including phenoxy) is 1. The standard InChI is InChI=1S/C17H23FN2O2.ClH/c18-13-4-6-14(7-5-13)22-15-8-11-20(12-9-15)17(21)16-3-1-2-10-19-16;/h4-7,15-16,19H,1-3,8-12H2;1H. The highest BCUT2D eigenvalue weighted by Gasteiger charge is 2.29. The van der Waals surface area contributed by atoms with E-state index in [-0.39, 0.29) is 36.3 Å². The lowest BCUT2D eigenvalue weighted by Gasteiger charge is -2.35. The predicted octanol–water partition coefficient (Wildman–Crippen LogP) is 2.76. The summed E-state index contributed by atoms with van der Waals surface area (Å²) in [5.74, 6) is 0.674. The Balaban J connectivity index is 0.00000192. The van der Waals surface area contributed by atoms with Crippen molar-refractivity contribution in [2.45, 2.75) is 44.2 Å². The summed E-state index contributed by atoms with van der Waals surface area (Å²) in [6.45, 7) is 2.42. The number of amides is 1. The molecule has 128 valence electrons. The van der Waals surface area contributed by atoms with Crippen molar-refractivity contribution in [3.8, 4) is 5.75 Å². The van der Waals surface area contributed by atoms with E-state index >= 15 is 0 Å². The van der Waals surface area contributed by atoms with Crippen molar-refractivity contribution in [2.24, 2.45) is 0 Å². The summed E-state index contributed by atoms with van der Waals surface area (Å²) in [7, 11) is 0. The van der Waals surface area contributed by atoms with Crippen molar-refractivity contribution in [1.82, 2.24) is 10.2 Å². The summed E-state index contributed by atoms with van der Waals surface area (Å²) >= 11 is 0. The normalized spacial score (nSPS) is 22.3. The number of hydrogen-bond acceptors (Lipinski definition) is 3. The molecule has 2 heterocycles. The van der Waals surface area contributed by atoms with E-state index in [1.165, 1.54) is 12.1 Å². The van der Waals surface area contributed by atoms with Crippen LogP contribution in [-0.2, 0) is 4.79 Å². The maximum atomic E-state index is 12.9. The van der Waals surface area contributed by atoms with Crippen molar-refractivity contribution in [2.75, 3.05) is 19.6 Å². The van der Waals surface area contributed by atoms with E-state index in [0.717, 1.165) is 51.7 Å². The molecule has 2 saturated heterocycles. The summed E-state index contributed by atoms with van der Waals surface area (Å²) < 4.78 is 18.7. The number of rotatable bonds is 3. The molecule has 1 aromatic carbocycles. The lowest BCUT2D eigenvalue weighted by Crippen LogP contribution is -2.51. The summed E-state index contributed by atoms with van der Waals surface area (Å²) in [6.07, 6.45) is 5.01. The Labute approximate surface area is 142 Å². The molecule has 1 atom stereocenters. The third-order valence-corrected chi connectivity index (χ3v) is 4.48. The number of likely N-dealkylation sites (tertiary alicyclic amines) is 1. The molecule has 0 bridgehead atoms. The van der Waals surface area contributed by atoms with E-state index in [9.17, 15) is 9.18 Å². The SMILES string of the molecule is Cl.O=C(C1CCCCN1)N1CCC(Oc2ccc(F)cc2)CC1. The van der Waals surface area contributed by atoms with E-state index in [1.807, 2.05) is 4.90 Å². The second kappa shape index (κ2) is 8.50. The second-order valence-corrected chi connectivity index (χ2v) is 6.10. The molecule has 6 heteroatoms. The molecule has 2 aliphatic heterocycles. The van der Waals surface area contributed by atoms with Gasteiger partial charge in [-0.1, -0.05) is 6.42 Å². The number of carbonyl (C=O) groups is 1. The van der Waals surface area contributed by atoms with Gasteiger partial charge in [-0.25, -0.2) is 4.39 Å². The van der Waals surface area contributed by atoms with Gasteiger partial charge in [-0.05, 0) is 43.7 Å². The van der Waals surface area contributed by atoms with Crippen molar-refractivity contribution in [3.05, 3.63) is 30.1 Å². The third-order valence-electron chi connectivity index (χ3n) is 4.48. The van der Waals surface area contributed by atoms with Crippen LogP contribution in [0.2, 0.25) is 0 Å². The first kappa shape index (κ1) is 18.0. The molecular weight excluding hydrogens is 319 g/mol. The van der Waals surface area contributed by atoms with Crippen molar-refractivity contribution < 1.29 is 13.9 Å². The average Bonchev–Trinajstić information content (AvgIpc) is 2.58. The van der Waals surface area contributed by atoms with Gasteiger partial charge in [0, 0.05) is 25.9 Å². The summed E-state index contributed by atoms with van der Waals surface area (Å²) in [5, 5.41) is 3.31. The van der Waals surface area contributed by atoms with Gasteiger partial charge >= 0.3 is 0 Å². The number of hydrogen-bond donors (Lipinski definition) is 1. The number of nitrogens with zero attached hydrogens (tertiary/aromatic N) is 1. The fourth-order valence-electron chi connectivity index (χ4n) is 3.18. The molecule has 1 N–H and O–H groups in total. The minimum atomic E-state index is -0.257. The quantitative estimate of drug-likeness (QED) is 0.918. The molecular formula is C17H24ClFN2O2. The molecule has 4 nitrogen and oxygen atoms in total. The minimum Gasteiger partial charge on any atom is -0.490 e. The van der Waals surface area contributed by atoms with Gasteiger partial charge in [0.25, 0.3) is 0 Å². The van der Waals surface area contributed by atoms with Crippen LogP contribution in [0.15, 0.2) is 24.3 Å². The lowest BCUT2D eigenvalue weighted by molar-refractivity contribution is -0.135. The minimum absolute atomic E-state index is 0. The van der Waals surface area contributed by atoms with Gasteiger partial charge in [0.15, 0.2) is 0 Å². The van der Waals surface area contributed by atoms with Gasteiger partial charge in [-0.2, -0.15) is 0 Å². The Morgan fingerprint density at radius 3 is 2.43 bits per heavy atom. The van der Waals surface area contributed by atoms with E-state index in [0.29, 0.717) is 5.75 Å². The molecule has 1 aromatic rings. The number of nitrogens with one attached hydrogen (secondary N) is 1. The monoisotopic (exact) mass is 342 g/mol. The zero-order valence-electron chi connectivity index (χ0n) is 13.2. The van der Waals surface area contributed by atoms with Crippen molar-refractivity contribution in [1.29, 1.82) is 0 Å². The Morgan fingerprint density at radius 2 is 1.83 bits per heavy atom. The molecule has 0 aliphatic carbocycles. The number of carbonyl (C=O) groups excluding carboxylic acids is 1. The smallest absolute Gasteiger partial charge is 0.239 e. The molecule has 2 fully saturated rings. The number of benzene rings is 1. The molecule has 0 spiro atoms. The molecule has 0 radical (unpaired) electrons. The molecule has 23 heavy (non-hydrogen) atoms. The van der Waals surface area contributed by atoms with E-state index in [2.05, 4.69) is 5.32 Å². The number of halogens is 2. The Bertz CT molecular complexity index is 498. The molecule has 0 aromatic heterocycles. The Hall–Kier alpha value is -1.33. The first-order valence-electron chi connectivity index (χ1n) is 8.17. The van der Waals surface area contributed by atoms with Gasteiger partial charge in [0.05, 0.1) is 6.04 Å². The van der Waals surface area contributed by atoms with Crippen molar-refractivity contribution >= 4 is 18.3 Å². The van der Waals surface area contributed by atoms with E-state index < -0.39 is 0 Å². The first-order chi connectivity index (χ1) is 10.7. The van der Waals surface area contributed by atoms with Crippen LogP contribution >= 0.6 is 12.4 Å². The van der Waals surface area contributed by atoms with Crippen LogP contribution in [0.4, 0.5) is 4.39 Å². The zero-order valence-corrected chi connectivity index (χ0v) is 14.0. The van der Waals surface area contributed by atoms with Crippen LogP contribution in [0.5, 0.6) is 5.75 Å². The van der Waals surface area contributed by atoms with Gasteiger partial charge in [0.1, 0.15) is 17.7 Å². The van der Waals surface area contributed by atoms with Crippen LogP contribution in [0.3, 0.4) is 0 Å². The fraction of sp³-hybridized carbons (Fsp3) is 0.588. The predicted molar refractivity (Wildman–Crippen MR) is 89.5 cm³/mol. The maximum absolute atomic E-state index is 12.9. The molecule has 1 amide bonds. The van der Waals surface area contributed by atoms with Gasteiger partial charge < -0.3 is 15.0 Å². The molecule has 1 unspecified atom stereocenters. The average molecular weight is 343 g/mol. The van der Waals surface area contributed by atoms with Crippen LogP contribution in [0, 0.1) is 5.82 Å². The molecule has 0 saturated carbocycles. The van der Waals surface area contributed by atoms with Crippen LogP contribution in [0.25, 0.3) is 0 Å². The van der Waals surface area contributed by atoms with Crippen LogP contribution in [0.1, 0.15) is 32.1 Å². The third kappa shape index (κ3) is 4.82. The van der Waals surface area contributed by atoms with Crippen LogP contribution < -0.4 is 10.1 Å². The van der Waals surface area contributed by atoms with Crippen LogP contribution in [-0.4, -0.2) is 42.6 Å². The highest BCUT2D eigenvalue weighted by molar-refractivity contribution is 5.85. The summed E-state index contributed by atoms with van der Waals surface area (Å²) in [5.41, 5.74) is 0. The lowest BCUT2D eigenvalue weighted by atomic mass is 10.0. The zero-order chi connectivity index (χ0) is 15.4. The van der Waals surface area contributed by atoms with Gasteiger partial charge in [-0.3, -0.25) is 4.79 Å². The number of piperidine rings is 2. The summed E-state index contributed by atoms with van der Waals surface area (Å²) in [6, 6.07) is 6.12.